The van der Waals surface area contributed by atoms with E-state index in [0.29, 0.717) is 36.1 Å². The number of hydrogen-bond donors (Lipinski definition) is 4. The molecule has 3 aromatic rings. The van der Waals surface area contributed by atoms with Crippen LogP contribution in [0.4, 0.5) is 0 Å². The minimum Gasteiger partial charge on any atom is -0.490 e. The molecule has 1 amide bonds. The van der Waals surface area contributed by atoms with Crippen LogP contribution in [-0.4, -0.2) is 45.8 Å². The van der Waals surface area contributed by atoms with Crippen molar-refractivity contribution in [2.24, 2.45) is 0 Å². The molecule has 0 aliphatic heterocycles. The van der Waals surface area contributed by atoms with Gasteiger partial charge in [0, 0.05) is 35.5 Å². The fourth-order valence-electron chi connectivity index (χ4n) is 4.14. The van der Waals surface area contributed by atoms with Crippen molar-refractivity contribution < 1.29 is 24.5 Å². The number of nitrogens with one attached hydrogen (secondary N) is 2. The van der Waals surface area contributed by atoms with Crippen LogP contribution in [0.25, 0.3) is 10.9 Å². The highest BCUT2D eigenvalue weighted by Crippen LogP contribution is 2.23. The second-order valence-corrected chi connectivity index (χ2v) is 9.40. The second-order valence-electron chi connectivity index (χ2n) is 9.40. The summed E-state index contributed by atoms with van der Waals surface area (Å²) >= 11 is 0. The first kappa shape index (κ1) is 27.8. The third-order valence-corrected chi connectivity index (χ3v) is 5.96. The maximum Gasteiger partial charge on any atom is 0.303 e. The van der Waals surface area contributed by atoms with Crippen LogP contribution >= 0.6 is 0 Å². The molecular formula is C30H36N2O5. The van der Waals surface area contributed by atoms with E-state index >= 15 is 0 Å². The van der Waals surface area contributed by atoms with Gasteiger partial charge in [0.2, 0.25) is 0 Å². The number of carboxylic acids is 1. The molecular weight excluding hydrogens is 468 g/mol. The Kier molecular flexibility index (Phi) is 10.6. The number of aliphatic carboxylic acids is 1. The predicted molar refractivity (Wildman–Crippen MR) is 145 cm³/mol. The summed E-state index contributed by atoms with van der Waals surface area (Å²) in [5.74, 6) is 5.66. The van der Waals surface area contributed by atoms with Gasteiger partial charge in [-0.25, -0.2) is 0 Å². The SMILES string of the molecule is CC(C)Oc1ccc(C#CCCCCCCC(=O)O)cc1C(=O)N[C@@H](CO)Cc1c[nH]c2ccccc12. The van der Waals surface area contributed by atoms with Gasteiger partial charge in [0.1, 0.15) is 5.75 Å². The predicted octanol–water partition coefficient (Wildman–Crippen LogP) is 5.07. The van der Waals surface area contributed by atoms with Gasteiger partial charge < -0.3 is 25.3 Å². The monoisotopic (exact) mass is 504 g/mol. The number of aliphatic hydroxyl groups is 1. The topological polar surface area (TPSA) is 112 Å². The molecule has 0 aliphatic carbocycles. The van der Waals surface area contributed by atoms with Gasteiger partial charge >= 0.3 is 5.97 Å². The normalized spacial score (nSPS) is 11.7. The van der Waals surface area contributed by atoms with E-state index in [2.05, 4.69) is 22.1 Å². The lowest BCUT2D eigenvalue weighted by molar-refractivity contribution is -0.137. The lowest BCUT2D eigenvalue weighted by Crippen LogP contribution is -2.39. The third kappa shape index (κ3) is 8.69. The number of fused-ring (bicyclic) bond motifs is 1. The van der Waals surface area contributed by atoms with E-state index in [4.69, 9.17) is 9.84 Å². The van der Waals surface area contributed by atoms with E-state index in [0.717, 1.165) is 35.7 Å². The molecule has 7 heteroatoms. The Bertz CT molecular complexity index is 1250. The number of carbonyl (C=O) groups excluding carboxylic acids is 1. The summed E-state index contributed by atoms with van der Waals surface area (Å²) in [5.41, 5.74) is 3.13. The largest absolute Gasteiger partial charge is 0.490 e. The van der Waals surface area contributed by atoms with E-state index in [1.807, 2.05) is 50.4 Å². The molecule has 2 aromatic carbocycles. The molecule has 3 rings (SSSR count). The molecule has 0 spiro atoms. The number of amides is 1. The summed E-state index contributed by atoms with van der Waals surface area (Å²) in [6.45, 7) is 3.61. The highest BCUT2D eigenvalue weighted by Gasteiger charge is 2.19. The van der Waals surface area contributed by atoms with Gasteiger partial charge in [0.05, 0.1) is 24.3 Å². The van der Waals surface area contributed by atoms with Gasteiger partial charge in [0.15, 0.2) is 0 Å². The third-order valence-electron chi connectivity index (χ3n) is 5.96. The smallest absolute Gasteiger partial charge is 0.303 e. The number of unbranched alkanes of at least 4 members (excludes halogenated alkanes) is 4. The average Bonchev–Trinajstić information content (AvgIpc) is 3.28. The Morgan fingerprint density at radius 3 is 2.62 bits per heavy atom. The number of aliphatic hydroxyl groups excluding tert-OH is 1. The summed E-state index contributed by atoms with van der Waals surface area (Å²) in [6, 6.07) is 12.8. The Labute approximate surface area is 218 Å². The Morgan fingerprint density at radius 1 is 1.08 bits per heavy atom. The number of carboxylic acid groups (broad SMARTS) is 1. The summed E-state index contributed by atoms with van der Waals surface area (Å²) in [5, 5.41) is 22.7. The van der Waals surface area contributed by atoms with Crippen molar-refractivity contribution >= 4 is 22.8 Å². The van der Waals surface area contributed by atoms with Crippen molar-refractivity contribution in [1.29, 1.82) is 0 Å². The quantitative estimate of drug-likeness (QED) is 0.192. The first-order chi connectivity index (χ1) is 17.9. The number of benzene rings is 2. The summed E-state index contributed by atoms with van der Waals surface area (Å²) in [4.78, 5) is 27.1. The number of para-hydroxylation sites is 1. The van der Waals surface area contributed by atoms with Gasteiger partial charge in [-0.2, -0.15) is 0 Å². The molecule has 0 saturated carbocycles. The van der Waals surface area contributed by atoms with Gasteiger partial charge in [0.25, 0.3) is 5.91 Å². The first-order valence-corrected chi connectivity index (χ1v) is 12.9. The number of aromatic nitrogens is 1. The zero-order chi connectivity index (χ0) is 26.6. The van der Waals surface area contributed by atoms with Crippen LogP contribution in [-0.2, 0) is 11.2 Å². The Balaban J connectivity index is 1.66. The van der Waals surface area contributed by atoms with Crippen molar-refractivity contribution in [2.45, 2.75) is 70.9 Å². The molecule has 0 unspecified atom stereocenters. The molecule has 1 aromatic heterocycles. The van der Waals surface area contributed by atoms with Crippen molar-refractivity contribution in [3.8, 4) is 17.6 Å². The van der Waals surface area contributed by atoms with E-state index in [1.165, 1.54) is 0 Å². The van der Waals surface area contributed by atoms with E-state index in [9.17, 15) is 14.7 Å². The molecule has 1 atom stereocenters. The maximum atomic E-state index is 13.3. The van der Waals surface area contributed by atoms with Crippen molar-refractivity contribution in [3.05, 3.63) is 65.4 Å². The molecule has 0 fully saturated rings. The van der Waals surface area contributed by atoms with Gasteiger partial charge in [-0.05, 0) is 62.9 Å². The molecule has 0 saturated heterocycles. The first-order valence-electron chi connectivity index (χ1n) is 12.9. The van der Waals surface area contributed by atoms with Gasteiger partial charge in [-0.3, -0.25) is 9.59 Å². The molecule has 0 radical (unpaired) electrons. The van der Waals surface area contributed by atoms with Crippen LogP contribution in [0.1, 0.15) is 73.9 Å². The van der Waals surface area contributed by atoms with Gasteiger partial charge in [-0.1, -0.05) is 42.9 Å². The number of aromatic amines is 1. The fraction of sp³-hybridized carbons (Fsp3) is 0.400. The summed E-state index contributed by atoms with van der Waals surface area (Å²) < 4.78 is 5.88. The van der Waals surface area contributed by atoms with Crippen LogP contribution in [0, 0.1) is 11.8 Å². The van der Waals surface area contributed by atoms with Gasteiger partial charge in [-0.15, -0.1) is 0 Å². The Morgan fingerprint density at radius 2 is 1.86 bits per heavy atom. The summed E-state index contributed by atoms with van der Waals surface area (Å²) in [6.07, 6.45) is 6.61. The molecule has 7 nitrogen and oxygen atoms in total. The minimum atomic E-state index is -0.757. The molecule has 37 heavy (non-hydrogen) atoms. The molecule has 196 valence electrons. The lowest BCUT2D eigenvalue weighted by Gasteiger charge is -2.19. The molecule has 1 heterocycles. The second kappa shape index (κ2) is 14.1. The number of rotatable bonds is 13. The average molecular weight is 505 g/mol. The highest BCUT2D eigenvalue weighted by atomic mass is 16.5. The van der Waals surface area contributed by atoms with Crippen molar-refractivity contribution in [1.82, 2.24) is 10.3 Å². The minimum absolute atomic E-state index is 0.107. The van der Waals surface area contributed by atoms with Crippen LogP contribution in [0.2, 0.25) is 0 Å². The van der Waals surface area contributed by atoms with Crippen LogP contribution in [0.5, 0.6) is 5.75 Å². The van der Waals surface area contributed by atoms with Crippen LogP contribution in [0.3, 0.4) is 0 Å². The molecule has 4 N–H and O–H groups in total. The van der Waals surface area contributed by atoms with Crippen molar-refractivity contribution in [3.63, 3.8) is 0 Å². The Hall–Kier alpha value is -3.76. The molecule has 0 bridgehead atoms. The van der Waals surface area contributed by atoms with E-state index < -0.39 is 12.0 Å². The summed E-state index contributed by atoms with van der Waals surface area (Å²) in [7, 11) is 0. The highest BCUT2D eigenvalue weighted by molar-refractivity contribution is 5.97. The number of ether oxygens (including phenoxy) is 1. The molecule has 0 aliphatic rings. The van der Waals surface area contributed by atoms with Crippen LogP contribution in [0.15, 0.2) is 48.7 Å². The van der Waals surface area contributed by atoms with E-state index in [-0.39, 0.29) is 25.0 Å². The number of carbonyl (C=O) groups is 2. The standard InChI is InChI=1S/C30H36N2O5/c1-21(2)37-28-16-15-22(11-7-5-3-4-6-8-14-29(34)35)17-26(28)30(36)32-24(20-33)18-23-19-31-27-13-10-9-12-25(23)27/h9-10,12-13,15-17,19,21,24,31,33H,3-6,8,14,18,20H2,1-2H3,(H,32,36)(H,34,35)/t24-/m1/s1. The lowest BCUT2D eigenvalue weighted by atomic mass is 10.0. The zero-order valence-corrected chi connectivity index (χ0v) is 21.5. The van der Waals surface area contributed by atoms with Crippen molar-refractivity contribution in [2.75, 3.05) is 6.61 Å². The zero-order valence-electron chi connectivity index (χ0n) is 21.5. The number of H-pyrrole nitrogens is 1. The van der Waals surface area contributed by atoms with E-state index in [1.54, 1.807) is 12.1 Å². The fourth-order valence-corrected chi connectivity index (χ4v) is 4.14. The van der Waals surface area contributed by atoms with Crippen LogP contribution < -0.4 is 10.1 Å². The number of hydrogen-bond acceptors (Lipinski definition) is 4. The maximum absolute atomic E-state index is 13.3.